The predicted octanol–water partition coefficient (Wildman–Crippen LogP) is -0.502. The second-order valence-electron chi connectivity index (χ2n) is 4.51. The largest absolute Gasteiger partial charge is 0.480 e. The Kier molecular flexibility index (Phi) is 5.36. The van der Waals surface area contributed by atoms with E-state index in [-0.39, 0.29) is 6.10 Å². The van der Waals surface area contributed by atoms with Crippen LogP contribution in [0, 0.1) is 5.92 Å². The maximum absolute atomic E-state index is 11.8. The fourth-order valence-electron chi connectivity index (χ4n) is 1.95. The molecule has 1 rings (SSSR count). The summed E-state index contributed by atoms with van der Waals surface area (Å²) in [6, 6.07) is -1.75. The van der Waals surface area contributed by atoms with Crippen LogP contribution in [0.5, 0.6) is 0 Å². The number of nitrogens with zero attached hydrogens (tertiary/aromatic N) is 1. The summed E-state index contributed by atoms with van der Waals surface area (Å²) in [5.41, 5.74) is 0. The number of carbonyl (C=O) groups excluding carboxylic acids is 1. The molecule has 0 aromatic carbocycles. The fourth-order valence-corrected chi connectivity index (χ4v) is 1.95. The normalized spacial score (nSPS) is 25.6. The zero-order chi connectivity index (χ0) is 13.7. The SMILES string of the molecule is COC1CN(C(=O)N[C@@H](CO)C(=O)O)CCC1C. The average molecular weight is 260 g/mol. The molecule has 0 aromatic rings. The number of hydrogen-bond acceptors (Lipinski definition) is 4. The van der Waals surface area contributed by atoms with Crippen molar-refractivity contribution in [3.8, 4) is 0 Å². The van der Waals surface area contributed by atoms with Crippen molar-refractivity contribution in [3.05, 3.63) is 0 Å². The number of aliphatic hydroxyl groups is 1. The van der Waals surface area contributed by atoms with E-state index in [2.05, 4.69) is 12.2 Å². The predicted molar refractivity (Wildman–Crippen MR) is 63.2 cm³/mol. The second-order valence-corrected chi connectivity index (χ2v) is 4.51. The number of aliphatic hydroxyl groups excluding tert-OH is 1. The number of hydrogen-bond donors (Lipinski definition) is 3. The Balaban J connectivity index is 2.54. The van der Waals surface area contributed by atoms with Crippen LogP contribution in [0.2, 0.25) is 0 Å². The van der Waals surface area contributed by atoms with Crippen LogP contribution in [0.3, 0.4) is 0 Å². The Labute approximate surface area is 106 Å². The van der Waals surface area contributed by atoms with Crippen molar-refractivity contribution < 1.29 is 24.5 Å². The molecule has 2 amide bonds. The molecule has 0 radical (unpaired) electrons. The number of carbonyl (C=O) groups is 2. The summed E-state index contributed by atoms with van der Waals surface area (Å²) in [4.78, 5) is 24.0. The van der Waals surface area contributed by atoms with Crippen LogP contribution < -0.4 is 5.32 Å². The van der Waals surface area contributed by atoms with Crippen molar-refractivity contribution in [2.75, 3.05) is 26.8 Å². The van der Waals surface area contributed by atoms with E-state index < -0.39 is 24.6 Å². The van der Waals surface area contributed by atoms with Gasteiger partial charge in [-0.05, 0) is 12.3 Å². The Bertz CT molecular complexity index is 310. The number of ether oxygens (including phenoxy) is 1. The number of aliphatic carboxylic acids is 1. The third-order valence-corrected chi connectivity index (χ3v) is 3.26. The molecule has 1 fully saturated rings. The molecule has 0 spiro atoms. The van der Waals surface area contributed by atoms with E-state index in [4.69, 9.17) is 14.9 Å². The van der Waals surface area contributed by atoms with E-state index in [1.54, 1.807) is 7.11 Å². The summed E-state index contributed by atoms with van der Waals surface area (Å²) >= 11 is 0. The van der Waals surface area contributed by atoms with Gasteiger partial charge in [0, 0.05) is 20.2 Å². The quantitative estimate of drug-likeness (QED) is 0.633. The first-order chi connectivity index (χ1) is 8.49. The van der Waals surface area contributed by atoms with E-state index in [0.29, 0.717) is 19.0 Å². The number of urea groups is 1. The summed E-state index contributed by atoms with van der Waals surface area (Å²) in [5.74, 6) is -0.883. The molecule has 0 bridgehead atoms. The van der Waals surface area contributed by atoms with E-state index in [9.17, 15) is 9.59 Å². The molecular weight excluding hydrogens is 240 g/mol. The van der Waals surface area contributed by atoms with Crippen molar-refractivity contribution in [1.82, 2.24) is 10.2 Å². The monoisotopic (exact) mass is 260 g/mol. The highest BCUT2D eigenvalue weighted by molar-refractivity contribution is 5.82. The zero-order valence-electron chi connectivity index (χ0n) is 10.6. The van der Waals surface area contributed by atoms with Crippen molar-refractivity contribution in [2.24, 2.45) is 5.92 Å². The third-order valence-electron chi connectivity index (χ3n) is 3.26. The molecule has 1 aliphatic heterocycles. The number of methoxy groups -OCH3 is 1. The van der Waals surface area contributed by atoms with Gasteiger partial charge in [0.15, 0.2) is 6.04 Å². The number of rotatable bonds is 4. The molecule has 2 unspecified atom stereocenters. The summed E-state index contributed by atoms with van der Waals surface area (Å²) in [7, 11) is 1.59. The standard InChI is InChI=1S/C11H20N2O5/c1-7-3-4-13(5-9(7)18-2)11(17)12-8(6-14)10(15)16/h7-9,14H,3-6H2,1-2H3,(H,12,17)(H,15,16)/t7?,8-,9?/m0/s1. The Morgan fingerprint density at radius 3 is 2.72 bits per heavy atom. The highest BCUT2D eigenvalue weighted by Gasteiger charge is 2.30. The van der Waals surface area contributed by atoms with E-state index in [1.807, 2.05) is 0 Å². The van der Waals surface area contributed by atoms with Crippen molar-refractivity contribution >= 4 is 12.0 Å². The number of piperidine rings is 1. The molecule has 18 heavy (non-hydrogen) atoms. The van der Waals surface area contributed by atoms with Crippen LogP contribution in [-0.4, -0.2) is 66.1 Å². The molecule has 0 aliphatic carbocycles. The summed E-state index contributed by atoms with van der Waals surface area (Å²) in [6.07, 6.45) is 0.768. The number of nitrogens with one attached hydrogen (secondary N) is 1. The Morgan fingerprint density at radius 1 is 1.56 bits per heavy atom. The van der Waals surface area contributed by atoms with Crippen LogP contribution in [0.1, 0.15) is 13.3 Å². The van der Waals surface area contributed by atoms with Crippen LogP contribution in [0.4, 0.5) is 4.79 Å². The summed E-state index contributed by atoms with van der Waals surface area (Å²) in [5, 5.41) is 19.9. The number of amides is 2. The number of carboxylic acids is 1. The maximum atomic E-state index is 11.8. The molecule has 3 atom stereocenters. The smallest absolute Gasteiger partial charge is 0.328 e. The number of likely N-dealkylation sites (tertiary alicyclic amines) is 1. The van der Waals surface area contributed by atoms with Gasteiger partial charge in [-0.15, -0.1) is 0 Å². The molecule has 1 aliphatic rings. The topological polar surface area (TPSA) is 99.1 Å². The summed E-state index contributed by atoms with van der Waals surface area (Å²) < 4.78 is 5.28. The van der Waals surface area contributed by atoms with Gasteiger partial charge in [-0.3, -0.25) is 0 Å². The van der Waals surface area contributed by atoms with Gasteiger partial charge < -0.3 is 25.2 Å². The highest BCUT2D eigenvalue weighted by Crippen LogP contribution is 2.19. The van der Waals surface area contributed by atoms with Crippen LogP contribution in [0.25, 0.3) is 0 Å². The Morgan fingerprint density at radius 2 is 2.22 bits per heavy atom. The van der Waals surface area contributed by atoms with Crippen LogP contribution in [0.15, 0.2) is 0 Å². The second kappa shape index (κ2) is 6.55. The fraction of sp³-hybridized carbons (Fsp3) is 0.818. The third kappa shape index (κ3) is 3.58. The molecule has 7 heteroatoms. The van der Waals surface area contributed by atoms with E-state index >= 15 is 0 Å². The van der Waals surface area contributed by atoms with Gasteiger partial charge in [0.1, 0.15) is 0 Å². The average Bonchev–Trinajstić information content (AvgIpc) is 2.35. The molecule has 1 heterocycles. The first-order valence-corrected chi connectivity index (χ1v) is 5.91. The molecule has 7 nitrogen and oxygen atoms in total. The summed E-state index contributed by atoms with van der Waals surface area (Å²) in [6.45, 7) is 2.42. The molecule has 104 valence electrons. The zero-order valence-corrected chi connectivity index (χ0v) is 10.6. The molecule has 3 N–H and O–H groups in total. The van der Waals surface area contributed by atoms with E-state index in [1.165, 1.54) is 4.90 Å². The molecule has 0 saturated carbocycles. The molecule has 0 aromatic heterocycles. The molecular formula is C11H20N2O5. The van der Waals surface area contributed by atoms with Crippen molar-refractivity contribution in [3.63, 3.8) is 0 Å². The minimum atomic E-state index is -1.27. The highest BCUT2D eigenvalue weighted by atomic mass is 16.5. The van der Waals surface area contributed by atoms with Gasteiger partial charge in [-0.25, -0.2) is 9.59 Å². The Hall–Kier alpha value is -1.34. The lowest BCUT2D eigenvalue weighted by Gasteiger charge is -2.36. The lowest BCUT2D eigenvalue weighted by molar-refractivity contribution is -0.140. The van der Waals surface area contributed by atoms with Crippen molar-refractivity contribution in [1.29, 1.82) is 0 Å². The van der Waals surface area contributed by atoms with Gasteiger partial charge in [0.05, 0.1) is 12.7 Å². The van der Waals surface area contributed by atoms with Gasteiger partial charge >= 0.3 is 12.0 Å². The van der Waals surface area contributed by atoms with Crippen molar-refractivity contribution in [2.45, 2.75) is 25.5 Å². The lowest BCUT2D eigenvalue weighted by atomic mass is 9.96. The minimum Gasteiger partial charge on any atom is -0.480 e. The molecule has 1 saturated heterocycles. The lowest BCUT2D eigenvalue weighted by Crippen LogP contribution is -2.54. The van der Waals surface area contributed by atoms with Crippen LogP contribution >= 0.6 is 0 Å². The first kappa shape index (κ1) is 14.7. The van der Waals surface area contributed by atoms with Gasteiger partial charge in [-0.1, -0.05) is 6.92 Å². The number of carboxylic acid groups (broad SMARTS) is 1. The first-order valence-electron chi connectivity index (χ1n) is 5.91. The van der Waals surface area contributed by atoms with Gasteiger partial charge in [-0.2, -0.15) is 0 Å². The maximum Gasteiger partial charge on any atom is 0.328 e. The minimum absolute atomic E-state index is 0.0399. The van der Waals surface area contributed by atoms with E-state index in [0.717, 1.165) is 6.42 Å². The van der Waals surface area contributed by atoms with Gasteiger partial charge in [0.25, 0.3) is 0 Å². The van der Waals surface area contributed by atoms with Gasteiger partial charge in [0.2, 0.25) is 0 Å². The van der Waals surface area contributed by atoms with Crippen LogP contribution in [-0.2, 0) is 9.53 Å².